The van der Waals surface area contributed by atoms with Gasteiger partial charge in [-0.3, -0.25) is 0 Å². The quantitative estimate of drug-likeness (QED) is 0.513. The molecule has 0 amide bonds. The molecule has 1 aliphatic heterocycles. The van der Waals surface area contributed by atoms with Gasteiger partial charge in [0.15, 0.2) is 6.23 Å². The molecule has 0 spiro atoms. The summed E-state index contributed by atoms with van der Waals surface area (Å²) in [6.07, 6.45) is -5.79. The standard InChI is InChI=1S/C14H21NO5/c1-7-3-4-9(5-8(7)2)15-14-13(19)12(18)11(17)10(6-16)20-14/h3-5,10-19H,6H2,1-2H3/t10-,11-,12+,13+,14-/m1/s1. The number of nitrogens with one attached hydrogen (secondary N) is 1. The number of hydrogen-bond acceptors (Lipinski definition) is 6. The van der Waals surface area contributed by atoms with Crippen LogP contribution in [0, 0.1) is 13.8 Å². The first kappa shape index (κ1) is 15.2. The molecule has 5 atom stereocenters. The van der Waals surface area contributed by atoms with E-state index in [4.69, 9.17) is 9.84 Å². The summed E-state index contributed by atoms with van der Waals surface area (Å²) < 4.78 is 5.38. The van der Waals surface area contributed by atoms with Gasteiger partial charge in [-0.25, -0.2) is 0 Å². The molecule has 112 valence electrons. The highest BCUT2D eigenvalue weighted by atomic mass is 16.6. The lowest BCUT2D eigenvalue weighted by molar-refractivity contribution is -0.221. The first-order valence-corrected chi connectivity index (χ1v) is 6.58. The number of anilines is 1. The molecule has 5 N–H and O–H groups in total. The highest BCUT2D eigenvalue weighted by Crippen LogP contribution is 2.23. The first-order valence-electron chi connectivity index (χ1n) is 6.58. The Morgan fingerprint density at radius 2 is 1.75 bits per heavy atom. The predicted molar refractivity (Wildman–Crippen MR) is 73.3 cm³/mol. The molecule has 20 heavy (non-hydrogen) atoms. The smallest absolute Gasteiger partial charge is 0.157 e. The van der Waals surface area contributed by atoms with Crippen molar-refractivity contribution in [2.75, 3.05) is 11.9 Å². The van der Waals surface area contributed by atoms with Crippen molar-refractivity contribution in [1.29, 1.82) is 0 Å². The van der Waals surface area contributed by atoms with E-state index >= 15 is 0 Å². The molecule has 2 rings (SSSR count). The molecule has 0 unspecified atom stereocenters. The maximum atomic E-state index is 9.93. The number of hydrogen-bond donors (Lipinski definition) is 5. The van der Waals surface area contributed by atoms with Gasteiger partial charge in [-0.15, -0.1) is 0 Å². The zero-order valence-electron chi connectivity index (χ0n) is 11.5. The van der Waals surface area contributed by atoms with Crippen molar-refractivity contribution in [2.24, 2.45) is 0 Å². The minimum absolute atomic E-state index is 0.434. The summed E-state index contributed by atoms with van der Waals surface area (Å²) in [4.78, 5) is 0. The minimum atomic E-state index is -1.37. The SMILES string of the molecule is Cc1ccc(N[C@@H]2O[C@H](CO)[C@@H](O)[C@H](O)[C@@H]2O)cc1C. The Labute approximate surface area is 117 Å². The second-order valence-corrected chi connectivity index (χ2v) is 5.19. The topological polar surface area (TPSA) is 102 Å². The summed E-state index contributed by atoms with van der Waals surface area (Å²) >= 11 is 0. The lowest BCUT2D eigenvalue weighted by Crippen LogP contribution is -2.60. The Kier molecular flexibility index (Phi) is 4.62. The molecule has 1 heterocycles. The van der Waals surface area contributed by atoms with Crippen LogP contribution in [0.4, 0.5) is 5.69 Å². The highest BCUT2D eigenvalue weighted by Gasteiger charge is 2.43. The van der Waals surface area contributed by atoms with Gasteiger partial charge in [-0.1, -0.05) is 6.07 Å². The fourth-order valence-electron chi connectivity index (χ4n) is 2.22. The summed E-state index contributed by atoms with van der Waals surface area (Å²) in [5, 5.41) is 41.4. The van der Waals surface area contributed by atoms with E-state index in [1.54, 1.807) is 0 Å². The molecule has 1 saturated heterocycles. The van der Waals surface area contributed by atoms with Crippen LogP contribution in [0.5, 0.6) is 0 Å². The van der Waals surface area contributed by atoms with Crippen LogP contribution < -0.4 is 5.32 Å². The second kappa shape index (κ2) is 6.07. The normalized spacial score (nSPS) is 34.0. The van der Waals surface area contributed by atoms with Crippen molar-refractivity contribution in [3.8, 4) is 0 Å². The Hall–Kier alpha value is -1.18. The van der Waals surface area contributed by atoms with E-state index in [2.05, 4.69) is 5.32 Å². The van der Waals surface area contributed by atoms with E-state index in [1.807, 2.05) is 32.0 Å². The summed E-state index contributed by atoms with van der Waals surface area (Å²) in [5.74, 6) is 0. The average Bonchev–Trinajstić information content (AvgIpc) is 2.43. The highest BCUT2D eigenvalue weighted by molar-refractivity contribution is 5.48. The monoisotopic (exact) mass is 283 g/mol. The lowest BCUT2D eigenvalue weighted by atomic mass is 9.98. The molecule has 0 radical (unpaired) electrons. The second-order valence-electron chi connectivity index (χ2n) is 5.19. The van der Waals surface area contributed by atoms with Crippen LogP contribution >= 0.6 is 0 Å². The third kappa shape index (κ3) is 2.94. The van der Waals surface area contributed by atoms with E-state index < -0.39 is 37.3 Å². The number of benzene rings is 1. The fourth-order valence-corrected chi connectivity index (χ4v) is 2.22. The Morgan fingerprint density at radius 3 is 2.35 bits per heavy atom. The maximum Gasteiger partial charge on any atom is 0.157 e. The molecule has 1 aliphatic rings. The van der Waals surface area contributed by atoms with Gasteiger partial charge in [0.25, 0.3) is 0 Å². The summed E-state index contributed by atoms with van der Waals surface area (Å²) in [7, 11) is 0. The summed E-state index contributed by atoms with van der Waals surface area (Å²) in [5.41, 5.74) is 2.96. The Bertz CT molecular complexity index is 465. The predicted octanol–water partition coefficient (Wildman–Crippen LogP) is -0.485. The van der Waals surface area contributed by atoms with Gasteiger partial charge in [0.1, 0.15) is 24.4 Å². The van der Waals surface area contributed by atoms with E-state index in [9.17, 15) is 15.3 Å². The maximum absolute atomic E-state index is 9.93. The van der Waals surface area contributed by atoms with Crippen molar-refractivity contribution in [1.82, 2.24) is 0 Å². The van der Waals surface area contributed by atoms with Gasteiger partial charge < -0.3 is 30.5 Å². The lowest BCUT2D eigenvalue weighted by Gasteiger charge is -2.40. The van der Waals surface area contributed by atoms with Crippen molar-refractivity contribution in [3.05, 3.63) is 29.3 Å². The number of rotatable bonds is 3. The first-order chi connectivity index (χ1) is 9.43. The van der Waals surface area contributed by atoms with E-state index in [0.717, 1.165) is 16.8 Å². The molecule has 1 aromatic carbocycles. The van der Waals surface area contributed by atoms with E-state index in [-0.39, 0.29) is 0 Å². The minimum Gasteiger partial charge on any atom is -0.394 e. The molecule has 0 aromatic heterocycles. The van der Waals surface area contributed by atoms with E-state index in [1.165, 1.54) is 0 Å². The average molecular weight is 283 g/mol. The van der Waals surface area contributed by atoms with Crippen LogP contribution in [-0.4, -0.2) is 57.7 Å². The number of aliphatic hydroxyl groups is 4. The third-order valence-corrected chi connectivity index (χ3v) is 3.71. The molecule has 0 saturated carbocycles. The van der Waals surface area contributed by atoms with Crippen molar-refractivity contribution in [2.45, 2.75) is 44.5 Å². The Balaban J connectivity index is 2.13. The van der Waals surface area contributed by atoms with Crippen LogP contribution in [0.15, 0.2) is 18.2 Å². The largest absolute Gasteiger partial charge is 0.394 e. The molecule has 6 heteroatoms. The zero-order valence-corrected chi connectivity index (χ0v) is 11.5. The van der Waals surface area contributed by atoms with Gasteiger partial charge in [0.2, 0.25) is 0 Å². The fraction of sp³-hybridized carbons (Fsp3) is 0.571. The van der Waals surface area contributed by atoms with Crippen LogP contribution in [0.1, 0.15) is 11.1 Å². The van der Waals surface area contributed by atoms with Crippen LogP contribution in [-0.2, 0) is 4.74 Å². The van der Waals surface area contributed by atoms with E-state index in [0.29, 0.717) is 0 Å². The molecule has 0 bridgehead atoms. The number of aliphatic hydroxyl groups excluding tert-OH is 4. The summed E-state index contributed by atoms with van der Waals surface area (Å²) in [6, 6.07) is 5.67. The molecule has 6 nitrogen and oxygen atoms in total. The molecule has 1 fully saturated rings. The molecule has 0 aliphatic carbocycles. The summed E-state index contributed by atoms with van der Waals surface area (Å²) in [6.45, 7) is 3.52. The van der Waals surface area contributed by atoms with Gasteiger partial charge in [-0.2, -0.15) is 0 Å². The van der Waals surface area contributed by atoms with Crippen molar-refractivity contribution < 1.29 is 25.2 Å². The van der Waals surface area contributed by atoms with Crippen LogP contribution in [0.2, 0.25) is 0 Å². The number of aryl methyl sites for hydroxylation is 2. The molecular weight excluding hydrogens is 262 g/mol. The zero-order chi connectivity index (χ0) is 14.9. The van der Waals surface area contributed by atoms with Gasteiger partial charge >= 0.3 is 0 Å². The Morgan fingerprint density at radius 1 is 1.05 bits per heavy atom. The van der Waals surface area contributed by atoms with Gasteiger partial charge in [-0.05, 0) is 37.1 Å². The molecular formula is C14H21NO5. The molecule has 1 aromatic rings. The van der Waals surface area contributed by atoms with Gasteiger partial charge in [0, 0.05) is 5.69 Å². The van der Waals surface area contributed by atoms with Gasteiger partial charge in [0.05, 0.1) is 6.61 Å². The number of ether oxygens (including phenoxy) is 1. The van der Waals surface area contributed by atoms with Crippen LogP contribution in [0.3, 0.4) is 0 Å². The van der Waals surface area contributed by atoms with Crippen molar-refractivity contribution in [3.63, 3.8) is 0 Å². The van der Waals surface area contributed by atoms with Crippen molar-refractivity contribution >= 4 is 5.69 Å². The van der Waals surface area contributed by atoms with Crippen LogP contribution in [0.25, 0.3) is 0 Å². The third-order valence-electron chi connectivity index (χ3n) is 3.71.